The first-order valence-electron chi connectivity index (χ1n) is 6.97. The summed E-state index contributed by atoms with van der Waals surface area (Å²) in [5.41, 5.74) is 2.07. The summed E-state index contributed by atoms with van der Waals surface area (Å²) in [5, 5.41) is 12.4. The second-order valence-corrected chi connectivity index (χ2v) is 5.07. The molecular weight excluding hydrogens is 240 g/mol. The van der Waals surface area contributed by atoms with E-state index in [2.05, 4.69) is 17.1 Å². The number of aliphatic hydroxyl groups excluding tert-OH is 1. The van der Waals surface area contributed by atoms with Crippen LogP contribution in [-0.2, 0) is 11.2 Å². The van der Waals surface area contributed by atoms with Crippen LogP contribution in [0.1, 0.15) is 25.3 Å². The number of nitrogens with zero attached hydrogens (tertiary/aromatic N) is 1. The van der Waals surface area contributed by atoms with Crippen LogP contribution >= 0.6 is 0 Å². The Morgan fingerprint density at radius 3 is 2.74 bits per heavy atom. The highest BCUT2D eigenvalue weighted by molar-refractivity contribution is 5.93. The molecule has 0 spiro atoms. The third kappa shape index (κ3) is 4.04. The Hall–Kier alpha value is -1.39. The van der Waals surface area contributed by atoms with Gasteiger partial charge in [-0.1, -0.05) is 25.1 Å². The van der Waals surface area contributed by atoms with E-state index in [1.807, 2.05) is 24.3 Å². The second kappa shape index (κ2) is 6.68. The van der Waals surface area contributed by atoms with Crippen molar-refractivity contribution in [2.75, 3.05) is 25.0 Å². The maximum absolute atomic E-state index is 12.0. The molecule has 0 saturated carbocycles. The van der Waals surface area contributed by atoms with Gasteiger partial charge in [-0.3, -0.25) is 9.69 Å². The first kappa shape index (κ1) is 14.0. The lowest BCUT2D eigenvalue weighted by molar-refractivity contribution is -0.117. The molecule has 1 aliphatic heterocycles. The number of hydrogen-bond donors (Lipinski definition) is 2. The first-order valence-corrected chi connectivity index (χ1v) is 6.97. The van der Waals surface area contributed by atoms with E-state index in [9.17, 15) is 9.90 Å². The van der Waals surface area contributed by atoms with Crippen LogP contribution in [-0.4, -0.2) is 41.7 Å². The number of aliphatic hydroxyl groups is 1. The fraction of sp³-hybridized carbons (Fsp3) is 0.533. The van der Waals surface area contributed by atoms with Crippen molar-refractivity contribution in [2.45, 2.75) is 32.3 Å². The van der Waals surface area contributed by atoms with E-state index in [1.54, 1.807) is 0 Å². The standard InChI is InChI=1S/C15H22N2O2/c1-2-12-5-3-4-6-14(12)16-15(19)11-17-9-7-13(18)8-10-17/h3-6,13,18H,2,7-11H2,1H3,(H,16,19). The van der Waals surface area contributed by atoms with E-state index in [0.29, 0.717) is 6.54 Å². The lowest BCUT2D eigenvalue weighted by atomic mass is 10.1. The molecule has 0 unspecified atom stereocenters. The normalized spacial score (nSPS) is 17.4. The van der Waals surface area contributed by atoms with E-state index in [-0.39, 0.29) is 12.0 Å². The number of nitrogens with one attached hydrogen (secondary N) is 1. The summed E-state index contributed by atoms with van der Waals surface area (Å²) in [6.07, 6.45) is 2.24. The Kier molecular flexibility index (Phi) is 4.93. The van der Waals surface area contributed by atoms with Crippen LogP contribution in [0.4, 0.5) is 5.69 Å². The van der Waals surface area contributed by atoms with Gasteiger partial charge < -0.3 is 10.4 Å². The number of carbonyl (C=O) groups excluding carboxylic acids is 1. The minimum atomic E-state index is -0.194. The van der Waals surface area contributed by atoms with Gasteiger partial charge >= 0.3 is 0 Å². The second-order valence-electron chi connectivity index (χ2n) is 5.07. The molecule has 1 amide bonds. The van der Waals surface area contributed by atoms with Crippen molar-refractivity contribution in [1.29, 1.82) is 0 Å². The van der Waals surface area contributed by atoms with Gasteiger partial charge in [-0.25, -0.2) is 0 Å². The van der Waals surface area contributed by atoms with Crippen molar-refractivity contribution >= 4 is 11.6 Å². The highest BCUT2D eigenvalue weighted by atomic mass is 16.3. The van der Waals surface area contributed by atoms with Crippen molar-refractivity contribution in [3.05, 3.63) is 29.8 Å². The highest BCUT2D eigenvalue weighted by Gasteiger charge is 2.19. The molecule has 1 fully saturated rings. The quantitative estimate of drug-likeness (QED) is 0.867. The fourth-order valence-corrected chi connectivity index (χ4v) is 2.42. The van der Waals surface area contributed by atoms with Gasteiger partial charge in [0.05, 0.1) is 12.6 Å². The first-order chi connectivity index (χ1) is 9.19. The number of carbonyl (C=O) groups is 1. The van der Waals surface area contributed by atoms with Crippen LogP contribution in [0, 0.1) is 0 Å². The molecule has 1 aromatic carbocycles. The SMILES string of the molecule is CCc1ccccc1NC(=O)CN1CCC(O)CC1. The summed E-state index contributed by atoms with van der Waals surface area (Å²) in [6.45, 7) is 4.08. The van der Waals surface area contributed by atoms with E-state index in [1.165, 1.54) is 0 Å². The Morgan fingerprint density at radius 1 is 1.37 bits per heavy atom. The molecule has 0 aromatic heterocycles. The maximum Gasteiger partial charge on any atom is 0.238 e. The molecule has 0 radical (unpaired) electrons. The topological polar surface area (TPSA) is 52.6 Å². The zero-order valence-corrected chi connectivity index (χ0v) is 11.4. The number of likely N-dealkylation sites (tertiary alicyclic amines) is 1. The molecule has 0 aliphatic carbocycles. The van der Waals surface area contributed by atoms with Gasteiger partial charge in [0.1, 0.15) is 0 Å². The average molecular weight is 262 g/mol. The molecule has 0 bridgehead atoms. The summed E-state index contributed by atoms with van der Waals surface area (Å²) in [7, 11) is 0. The number of para-hydroxylation sites is 1. The third-order valence-corrected chi connectivity index (χ3v) is 3.60. The number of amides is 1. The third-order valence-electron chi connectivity index (χ3n) is 3.60. The monoisotopic (exact) mass is 262 g/mol. The minimum Gasteiger partial charge on any atom is -0.393 e. The predicted octanol–water partition coefficient (Wildman–Crippen LogP) is 1.64. The van der Waals surface area contributed by atoms with Crippen LogP contribution < -0.4 is 5.32 Å². The Labute approximate surface area is 114 Å². The Balaban J connectivity index is 1.87. The zero-order chi connectivity index (χ0) is 13.7. The largest absolute Gasteiger partial charge is 0.393 e. The molecule has 2 N–H and O–H groups in total. The van der Waals surface area contributed by atoms with Gasteiger partial charge in [0.15, 0.2) is 0 Å². The number of hydrogen-bond acceptors (Lipinski definition) is 3. The molecular formula is C15H22N2O2. The van der Waals surface area contributed by atoms with Crippen molar-refractivity contribution in [3.8, 4) is 0 Å². The summed E-state index contributed by atoms with van der Waals surface area (Å²) < 4.78 is 0. The number of rotatable bonds is 4. The smallest absolute Gasteiger partial charge is 0.238 e. The number of benzene rings is 1. The van der Waals surface area contributed by atoms with Crippen LogP contribution in [0.2, 0.25) is 0 Å². The minimum absolute atomic E-state index is 0.0253. The molecule has 4 heteroatoms. The molecule has 0 atom stereocenters. The molecule has 4 nitrogen and oxygen atoms in total. The highest BCUT2D eigenvalue weighted by Crippen LogP contribution is 2.16. The zero-order valence-electron chi connectivity index (χ0n) is 11.4. The van der Waals surface area contributed by atoms with Gasteiger partial charge in [0.2, 0.25) is 5.91 Å². The van der Waals surface area contributed by atoms with Crippen LogP contribution in [0.5, 0.6) is 0 Å². The van der Waals surface area contributed by atoms with E-state index in [0.717, 1.165) is 43.6 Å². The molecule has 19 heavy (non-hydrogen) atoms. The van der Waals surface area contributed by atoms with E-state index < -0.39 is 0 Å². The maximum atomic E-state index is 12.0. The molecule has 104 valence electrons. The number of aryl methyl sites for hydroxylation is 1. The fourth-order valence-electron chi connectivity index (χ4n) is 2.42. The van der Waals surface area contributed by atoms with Crippen molar-refractivity contribution in [3.63, 3.8) is 0 Å². The summed E-state index contributed by atoms with van der Waals surface area (Å²) in [5.74, 6) is 0.0253. The molecule has 1 aromatic rings. The van der Waals surface area contributed by atoms with Gasteiger partial charge in [0, 0.05) is 18.8 Å². The average Bonchev–Trinajstić information content (AvgIpc) is 2.42. The van der Waals surface area contributed by atoms with Gasteiger partial charge in [-0.05, 0) is 30.9 Å². The van der Waals surface area contributed by atoms with Crippen molar-refractivity contribution in [2.24, 2.45) is 0 Å². The Morgan fingerprint density at radius 2 is 2.05 bits per heavy atom. The molecule has 1 heterocycles. The number of anilines is 1. The van der Waals surface area contributed by atoms with Crippen LogP contribution in [0.3, 0.4) is 0 Å². The van der Waals surface area contributed by atoms with Gasteiger partial charge in [0.25, 0.3) is 0 Å². The Bertz CT molecular complexity index is 426. The van der Waals surface area contributed by atoms with Gasteiger partial charge in [-0.15, -0.1) is 0 Å². The van der Waals surface area contributed by atoms with Crippen molar-refractivity contribution in [1.82, 2.24) is 4.90 Å². The van der Waals surface area contributed by atoms with Gasteiger partial charge in [-0.2, -0.15) is 0 Å². The van der Waals surface area contributed by atoms with E-state index >= 15 is 0 Å². The summed E-state index contributed by atoms with van der Waals surface area (Å²) in [4.78, 5) is 14.1. The van der Waals surface area contributed by atoms with Crippen molar-refractivity contribution < 1.29 is 9.90 Å². The molecule has 1 aliphatic rings. The van der Waals surface area contributed by atoms with E-state index in [4.69, 9.17) is 0 Å². The van der Waals surface area contributed by atoms with Crippen LogP contribution in [0.15, 0.2) is 24.3 Å². The lowest BCUT2D eigenvalue weighted by Gasteiger charge is -2.28. The van der Waals surface area contributed by atoms with Crippen LogP contribution in [0.25, 0.3) is 0 Å². The summed E-state index contributed by atoms with van der Waals surface area (Å²) >= 11 is 0. The predicted molar refractivity (Wildman–Crippen MR) is 76.1 cm³/mol. The number of piperidine rings is 1. The summed E-state index contributed by atoms with van der Waals surface area (Å²) in [6, 6.07) is 7.90. The molecule has 2 rings (SSSR count). The lowest BCUT2D eigenvalue weighted by Crippen LogP contribution is -2.40. The molecule has 1 saturated heterocycles.